The number of guanidine groups is 1. The van der Waals surface area contributed by atoms with Crippen LogP contribution in [-0.2, 0) is 11.3 Å². The van der Waals surface area contributed by atoms with Crippen molar-refractivity contribution in [1.82, 2.24) is 25.3 Å². The van der Waals surface area contributed by atoms with E-state index in [0.717, 1.165) is 64.0 Å². The zero-order valence-corrected chi connectivity index (χ0v) is 17.1. The fourth-order valence-corrected chi connectivity index (χ4v) is 3.45. The molecule has 1 aromatic heterocycles. The normalized spacial score (nSPS) is 17.5. The van der Waals surface area contributed by atoms with Crippen molar-refractivity contribution in [3.05, 3.63) is 17.5 Å². The maximum Gasteiger partial charge on any atom is 0.191 e. The molecular formula is C19H36N6O. The van der Waals surface area contributed by atoms with E-state index < -0.39 is 0 Å². The smallest absolute Gasteiger partial charge is 0.191 e. The Morgan fingerprint density at radius 3 is 2.58 bits per heavy atom. The van der Waals surface area contributed by atoms with Crippen LogP contribution in [0.4, 0.5) is 0 Å². The Morgan fingerprint density at radius 2 is 2.00 bits per heavy atom. The zero-order valence-electron chi connectivity index (χ0n) is 17.1. The Morgan fingerprint density at radius 1 is 1.27 bits per heavy atom. The first-order valence-corrected chi connectivity index (χ1v) is 9.78. The highest BCUT2D eigenvalue weighted by atomic mass is 16.5. The minimum Gasteiger partial charge on any atom is -0.379 e. The van der Waals surface area contributed by atoms with Gasteiger partial charge in [-0.3, -0.25) is 14.6 Å². The van der Waals surface area contributed by atoms with Crippen LogP contribution in [-0.4, -0.2) is 73.1 Å². The van der Waals surface area contributed by atoms with Gasteiger partial charge in [0, 0.05) is 51.5 Å². The Labute approximate surface area is 158 Å². The van der Waals surface area contributed by atoms with E-state index in [0.29, 0.717) is 12.0 Å². The first-order valence-electron chi connectivity index (χ1n) is 9.78. The average Bonchev–Trinajstić information content (AvgIpc) is 2.95. The topological polar surface area (TPSA) is 66.7 Å². The molecule has 1 atom stereocenters. The molecule has 1 saturated heterocycles. The molecule has 0 saturated carbocycles. The molecule has 0 aromatic carbocycles. The highest BCUT2D eigenvalue weighted by Gasteiger charge is 2.23. The summed E-state index contributed by atoms with van der Waals surface area (Å²) in [5.74, 6) is 1.46. The van der Waals surface area contributed by atoms with Gasteiger partial charge < -0.3 is 15.4 Å². The van der Waals surface area contributed by atoms with E-state index in [1.807, 2.05) is 14.0 Å². The third kappa shape index (κ3) is 6.29. The molecule has 1 fully saturated rings. The van der Waals surface area contributed by atoms with E-state index in [2.05, 4.69) is 57.1 Å². The van der Waals surface area contributed by atoms with Crippen molar-refractivity contribution in [3.8, 4) is 0 Å². The van der Waals surface area contributed by atoms with Crippen molar-refractivity contribution in [2.75, 3.05) is 46.4 Å². The van der Waals surface area contributed by atoms with Gasteiger partial charge >= 0.3 is 0 Å². The molecule has 2 N–H and O–H groups in total. The number of nitrogens with zero attached hydrogens (tertiary/aromatic N) is 4. The molecule has 0 bridgehead atoms. The molecule has 1 aliphatic heterocycles. The SMILES string of the molecule is CN=C(NCCCn1nc(C)cc1C)NCC(C(C)C)N1CCOCC1. The predicted molar refractivity (Wildman–Crippen MR) is 107 cm³/mol. The summed E-state index contributed by atoms with van der Waals surface area (Å²) in [6, 6.07) is 2.61. The zero-order chi connectivity index (χ0) is 18.9. The molecule has 1 aliphatic rings. The number of aliphatic imine (C=N–C) groups is 1. The fourth-order valence-electron chi connectivity index (χ4n) is 3.45. The number of ether oxygens (including phenoxy) is 1. The predicted octanol–water partition coefficient (Wildman–Crippen LogP) is 1.41. The van der Waals surface area contributed by atoms with Crippen LogP contribution >= 0.6 is 0 Å². The second-order valence-corrected chi connectivity index (χ2v) is 7.34. The summed E-state index contributed by atoms with van der Waals surface area (Å²) in [7, 11) is 1.83. The lowest BCUT2D eigenvalue weighted by Crippen LogP contribution is -2.52. The summed E-state index contributed by atoms with van der Waals surface area (Å²) in [5.41, 5.74) is 2.30. The quantitative estimate of drug-likeness (QED) is 0.415. The minimum atomic E-state index is 0.493. The monoisotopic (exact) mass is 364 g/mol. The summed E-state index contributed by atoms with van der Waals surface area (Å²) >= 11 is 0. The van der Waals surface area contributed by atoms with Gasteiger partial charge in [0.15, 0.2) is 5.96 Å². The van der Waals surface area contributed by atoms with Crippen molar-refractivity contribution in [2.45, 2.75) is 46.7 Å². The van der Waals surface area contributed by atoms with Gasteiger partial charge in [0.2, 0.25) is 0 Å². The molecule has 7 heteroatoms. The number of morpholine rings is 1. The summed E-state index contributed by atoms with van der Waals surface area (Å²) in [6.45, 7) is 15.1. The van der Waals surface area contributed by atoms with Gasteiger partial charge in [0.25, 0.3) is 0 Å². The van der Waals surface area contributed by atoms with Crippen LogP contribution in [0.2, 0.25) is 0 Å². The third-order valence-corrected chi connectivity index (χ3v) is 4.93. The van der Waals surface area contributed by atoms with Crippen molar-refractivity contribution in [1.29, 1.82) is 0 Å². The maximum atomic E-state index is 5.48. The maximum absolute atomic E-state index is 5.48. The minimum absolute atomic E-state index is 0.493. The van der Waals surface area contributed by atoms with E-state index in [4.69, 9.17) is 4.74 Å². The third-order valence-electron chi connectivity index (χ3n) is 4.93. The number of hydrogen-bond acceptors (Lipinski definition) is 4. The lowest BCUT2D eigenvalue weighted by atomic mass is 10.0. The van der Waals surface area contributed by atoms with Crippen molar-refractivity contribution in [2.24, 2.45) is 10.9 Å². The number of aromatic nitrogens is 2. The molecule has 1 unspecified atom stereocenters. The summed E-state index contributed by atoms with van der Waals surface area (Å²) < 4.78 is 7.55. The number of hydrogen-bond donors (Lipinski definition) is 2. The standard InChI is InChI=1S/C19H36N6O/c1-15(2)18(24-9-11-26-12-10-24)14-22-19(20-5)21-7-6-8-25-17(4)13-16(3)23-25/h13,15,18H,6-12,14H2,1-5H3,(H2,20,21,22). The Kier molecular flexibility index (Phi) is 8.38. The van der Waals surface area contributed by atoms with Crippen LogP contribution in [0.1, 0.15) is 31.7 Å². The molecule has 1 aromatic rings. The van der Waals surface area contributed by atoms with E-state index in [9.17, 15) is 0 Å². The summed E-state index contributed by atoms with van der Waals surface area (Å²) in [5, 5.41) is 11.4. The second kappa shape index (κ2) is 10.5. The van der Waals surface area contributed by atoms with Gasteiger partial charge in [-0.25, -0.2) is 0 Å². The number of rotatable bonds is 8. The molecule has 2 rings (SSSR count). The number of aryl methyl sites for hydroxylation is 3. The molecule has 7 nitrogen and oxygen atoms in total. The van der Waals surface area contributed by atoms with Crippen LogP contribution in [0.15, 0.2) is 11.1 Å². The van der Waals surface area contributed by atoms with Crippen LogP contribution in [0, 0.1) is 19.8 Å². The van der Waals surface area contributed by atoms with E-state index in [1.165, 1.54) is 5.69 Å². The van der Waals surface area contributed by atoms with Crippen molar-refractivity contribution < 1.29 is 4.74 Å². The van der Waals surface area contributed by atoms with Gasteiger partial charge in [-0.2, -0.15) is 5.10 Å². The Bertz CT molecular complexity index is 562. The van der Waals surface area contributed by atoms with Crippen molar-refractivity contribution >= 4 is 5.96 Å². The van der Waals surface area contributed by atoms with E-state index in [-0.39, 0.29) is 0 Å². The Hall–Kier alpha value is -1.60. The molecule has 0 aliphatic carbocycles. The first-order chi connectivity index (χ1) is 12.5. The average molecular weight is 365 g/mol. The lowest BCUT2D eigenvalue weighted by Gasteiger charge is -2.37. The largest absolute Gasteiger partial charge is 0.379 e. The Balaban J connectivity index is 1.73. The number of nitrogens with one attached hydrogen (secondary N) is 2. The molecule has 0 radical (unpaired) electrons. The molecular weight excluding hydrogens is 328 g/mol. The highest BCUT2D eigenvalue weighted by Crippen LogP contribution is 2.12. The molecule has 26 heavy (non-hydrogen) atoms. The highest BCUT2D eigenvalue weighted by molar-refractivity contribution is 5.79. The van der Waals surface area contributed by atoms with E-state index >= 15 is 0 Å². The van der Waals surface area contributed by atoms with Crippen LogP contribution in [0.25, 0.3) is 0 Å². The van der Waals surface area contributed by atoms with Gasteiger partial charge in [0.1, 0.15) is 0 Å². The van der Waals surface area contributed by atoms with Crippen molar-refractivity contribution in [3.63, 3.8) is 0 Å². The van der Waals surface area contributed by atoms with E-state index in [1.54, 1.807) is 0 Å². The fraction of sp³-hybridized carbons (Fsp3) is 0.789. The van der Waals surface area contributed by atoms with Gasteiger partial charge in [0.05, 0.1) is 18.9 Å². The van der Waals surface area contributed by atoms with Crippen LogP contribution in [0.3, 0.4) is 0 Å². The van der Waals surface area contributed by atoms with Gasteiger partial charge in [-0.1, -0.05) is 13.8 Å². The summed E-state index contributed by atoms with van der Waals surface area (Å²) in [4.78, 5) is 6.88. The molecule has 2 heterocycles. The first kappa shape index (κ1) is 20.7. The molecule has 0 amide bonds. The van der Waals surface area contributed by atoms with Gasteiger partial charge in [-0.15, -0.1) is 0 Å². The summed E-state index contributed by atoms with van der Waals surface area (Å²) in [6.07, 6.45) is 1.01. The lowest BCUT2D eigenvalue weighted by molar-refractivity contribution is 0.00752. The van der Waals surface area contributed by atoms with Gasteiger partial charge in [-0.05, 0) is 32.3 Å². The van der Waals surface area contributed by atoms with Crippen LogP contribution in [0.5, 0.6) is 0 Å². The molecule has 148 valence electrons. The van der Waals surface area contributed by atoms with Crippen LogP contribution < -0.4 is 10.6 Å². The second-order valence-electron chi connectivity index (χ2n) is 7.34. The molecule has 0 spiro atoms.